The van der Waals surface area contributed by atoms with Gasteiger partial charge >= 0.3 is 5.97 Å². The standard InChI is InChI=1S/C15H26N2O3/c1-16(2)10-11-5-7-17(8-6-11)14(18)12-3-4-13(9-12)15(19)20/h11-13H,3-10H2,1-2H3,(H,19,20). The van der Waals surface area contributed by atoms with Gasteiger partial charge in [-0.3, -0.25) is 9.59 Å². The molecule has 114 valence electrons. The number of carboxylic acid groups (broad SMARTS) is 1. The number of aliphatic carboxylic acids is 1. The predicted molar refractivity (Wildman–Crippen MR) is 76.3 cm³/mol. The van der Waals surface area contributed by atoms with Gasteiger partial charge in [-0.15, -0.1) is 0 Å². The number of hydrogen-bond acceptors (Lipinski definition) is 3. The molecule has 0 aromatic heterocycles. The monoisotopic (exact) mass is 282 g/mol. The van der Waals surface area contributed by atoms with Crippen LogP contribution in [0.25, 0.3) is 0 Å². The molecule has 0 aromatic rings. The van der Waals surface area contributed by atoms with E-state index in [9.17, 15) is 9.59 Å². The lowest BCUT2D eigenvalue weighted by Crippen LogP contribution is -2.43. The molecule has 2 unspecified atom stereocenters. The van der Waals surface area contributed by atoms with Crippen molar-refractivity contribution in [2.24, 2.45) is 17.8 Å². The van der Waals surface area contributed by atoms with Crippen LogP contribution in [0.1, 0.15) is 32.1 Å². The van der Waals surface area contributed by atoms with Crippen LogP contribution in [0.15, 0.2) is 0 Å². The largest absolute Gasteiger partial charge is 0.481 e. The molecular formula is C15H26N2O3. The second-order valence-electron chi connectivity index (χ2n) is 6.58. The Bertz CT molecular complexity index is 362. The zero-order chi connectivity index (χ0) is 14.7. The molecule has 1 saturated carbocycles. The van der Waals surface area contributed by atoms with E-state index in [1.807, 2.05) is 4.90 Å². The van der Waals surface area contributed by atoms with Gasteiger partial charge < -0.3 is 14.9 Å². The Morgan fingerprint density at radius 3 is 2.20 bits per heavy atom. The molecule has 1 amide bonds. The van der Waals surface area contributed by atoms with E-state index in [1.54, 1.807) is 0 Å². The maximum Gasteiger partial charge on any atom is 0.306 e. The highest BCUT2D eigenvalue weighted by molar-refractivity contribution is 5.81. The van der Waals surface area contributed by atoms with Gasteiger partial charge in [-0.2, -0.15) is 0 Å². The Balaban J connectivity index is 1.79. The molecule has 5 nitrogen and oxygen atoms in total. The first-order valence-corrected chi connectivity index (χ1v) is 7.63. The lowest BCUT2D eigenvalue weighted by molar-refractivity contribution is -0.141. The molecule has 1 heterocycles. The fraction of sp³-hybridized carbons (Fsp3) is 0.867. The normalized spacial score (nSPS) is 28.1. The van der Waals surface area contributed by atoms with Crippen LogP contribution in [-0.4, -0.2) is 60.5 Å². The summed E-state index contributed by atoms with van der Waals surface area (Å²) >= 11 is 0. The van der Waals surface area contributed by atoms with Crippen LogP contribution in [-0.2, 0) is 9.59 Å². The summed E-state index contributed by atoms with van der Waals surface area (Å²) in [6.07, 6.45) is 4.07. The Morgan fingerprint density at radius 2 is 1.70 bits per heavy atom. The molecule has 1 aliphatic heterocycles. The lowest BCUT2D eigenvalue weighted by atomic mass is 9.94. The average Bonchev–Trinajstić information content (AvgIpc) is 2.88. The van der Waals surface area contributed by atoms with E-state index in [0.717, 1.165) is 38.9 Å². The summed E-state index contributed by atoms with van der Waals surface area (Å²) in [4.78, 5) is 27.5. The molecule has 2 atom stereocenters. The quantitative estimate of drug-likeness (QED) is 0.844. The molecule has 1 aliphatic carbocycles. The van der Waals surface area contributed by atoms with Crippen molar-refractivity contribution in [2.45, 2.75) is 32.1 Å². The molecule has 1 saturated heterocycles. The Kier molecular flexibility index (Phi) is 5.02. The first-order valence-electron chi connectivity index (χ1n) is 7.63. The Hall–Kier alpha value is -1.10. The van der Waals surface area contributed by atoms with E-state index < -0.39 is 5.97 Å². The summed E-state index contributed by atoms with van der Waals surface area (Å²) in [5.41, 5.74) is 0. The van der Waals surface area contributed by atoms with Gasteiger partial charge in [-0.25, -0.2) is 0 Å². The zero-order valence-electron chi connectivity index (χ0n) is 12.5. The number of carbonyl (C=O) groups is 2. The van der Waals surface area contributed by atoms with Crippen molar-refractivity contribution in [3.05, 3.63) is 0 Å². The van der Waals surface area contributed by atoms with E-state index in [2.05, 4.69) is 19.0 Å². The molecule has 0 bridgehead atoms. The van der Waals surface area contributed by atoms with E-state index in [-0.39, 0.29) is 17.7 Å². The van der Waals surface area contributed by atoms with Gasteiger partial charge in [-0.05, 0) is 52.1 Å². The number of rotatable bonds is 4. The summed E-state index contributed by atoms with van der Waals surface area (Å²) in [7, 11) is 4.17. The van der Waals surface area contributed by atoms with Crippen molar-refractivity contribution in [3.8, 4) is 0 Å². The molecular weight excluding hydrogens is 256 g/mol. The number of carbonyl (C=O) groups excluding carboxylic acids is 1. The summed E-state index contributed by atoms with van der Waals surface area (Å²) in [6, 6.07) is 0. The van der Waals surface area contributed by atoms with Gasteiger partial charge in [0.2, 0.25) is 5.91 Å². The molecule has 5 heteroatoms. The molecule has 0 aromatic carbocycles. The van der Waals surface area contributed by atoms with E-state index in [1.165, 1.54) is 0 Å². The van der Waals surface area contributed by atoms with Crippen LogP contribution in [0.4, 0.5) is 0 Å². The van der Waals surface area contributed by atoms with Crippen molar-refractivity contribution in [1.29, 1.82) is 0 Å². The minimum absolute atomic E-state index is 0.0542. The van der Waals surface area contributed by atoms with Crippen molar-refractivity contribution in [3.63, 3.8) is 0 Å². The number of carboxylic acids is 1. The number of hydrogen-bond donors (Lipinski definition) is 1. The van der Waals surface area contributed by atoms with Crippen LogP contribution in [0.2, 0.25) is 0 Å². The van der Waals surface area contributed by atoms with Crippen LogP contribution in [0.5, 0.6) is 0 Å². The van der Waals surface area contributed by atoms with Crippen molar-refractivity contribution in [1.82, 2.24) is 9.80 Å². The highest BCUT2D eigenvalue weighted by Gasteiger charge is 2.36. The van der Waals surface area contributed by atoms with Gasteiger partial charge in [0, 0.05) is 25.6 Å². The minimum Gasteiger partial charge on any atom is -0.481 e. The van der Waals surface area contributed by atoms with E-state index in [0.29, 0.717) is 18.8 Å². The van der Waals surface area contributed by atoms with Crippen LogP contribution < -0.4 is 0 Å². The topological polar surface area (TPSA) is 60.9 Å². The lowest BCUT2D eigenvalue weighted by Gasteiger charge is -2.34. The van der Waals surface area contributed by atoms with Crippen LogP contribution >= 0.6 is 0 Å². The number of nitrogens with zero attached hydrogens (tertiary/aromatic N) is 2. The minimum atomic E-state index is -0.745. The van der Waals surface area contributed by atoms with Gasteiger partial charge in [0.05, 0.1) is 5.92 Å². The first-order chi connectivity index (χ1) is 9.47. The summed E-state index contributed by atoms with van der Waals surface area (Å²) in [5.74, 6) is -0.233. The third-order valence-electron chi connectivity index (χ3n) is 4.68. The molecule has 0 radical (unpaired) electrons. The third kappa shape index (κ3) is 3.72. The van der Waals surface area contributed by atoms with Crippen LogP contribution in [0.3, 0.4) is 0 Å². The third-order valence-corrected chi connectivity index (χ3v) is 4.68. The average molecular weight is 282 g/mol. The van der Waals surface area contributed by atoms with Gasteiger partial charge in [0.25, 0.3) is 0 Å². The number of piperidine rings is 1. The summed E-state index contributed by atoms with van der Waals surface area (Å²) in [5, 5.41) is 9.01. The molecule has 2 fully saturated rings. The van der Waals surface area contributed by atoms with E-state index >= 15 is 0 Å². The van der Waals surface area contributed by atoms with Gasteiger partial charge in [-0.1, -0.05) is 0 Å². The SMILES string of the molecule is CN(C)CC1CCN(C(=O)C2CCC(C(=O)O)C2)CC1. The highest BCUT2D eigenvalue weighted by Crippen LogP contribution is 2.33. The molecule has 1 N–H and O–H groups in total. The maximum absolute atomic E-state index is 12.4. The fourth-order valence-corrected chi connectivity index (χ4v) is 3.54. The molecule has 0 spiro atoms. The number of likely N-dealkylation sites (tertiary alicyclic amines) is 1. The Labute approximate surface area is 120 Å². The molecule has 20 heavy (non-hydrogen) atoms. The molecule has 2 rings (SSSR count). The van der Waals surface area contributed by atoms with Crippen molar-refractivity contribution < 1.29 is 14.7 Å². The van der Waals surface area contributed by atoms with Gasteiger partial charge in [0.15, 0.2) is 0 Å². The smallest absolute Gasteiger partial charge is 0.306 e. The second kappa shape index (κ2) is 6.57. The van der Waals surface area contributed by atoms with Crippen molar-refractivity contribution >= 4 is 11.9 Å². The summed E-state index contributed by atoms with van der Waals surface area (Å²) < 4.78 is 0. The molecule has 2 aliphatic rings. The van der Waals surface area contributed by atoms with Crippen LogP contribution in [0, 0.1) is 17.8 Å². The van der Waals surface area contributed by atoms with Crippen molar-refractivity contribution in [2.75, 3.05) is 33.7 Å². The first kappa shape index (κ1) is 15.3. The summed E-state index contributed by atoms with van der Waals surface area (Å²) in [6.45, 7) is 2.77. The predicted octanol–water partition coefficient (Wildman–Crippen LogP) is 1.29. The number of amides is 1. The second-order valence-corrected chi connectivity index (χ2v) is 6.58. The zero-order valence-corrected chi connectivity index (χ0v) is 12.5. The highest BCUT2D eigenvalue weighted by atomic mass is 16.4. The van der Waals surface area contributed by atoms with E-state index in [4.69, 9.17) is 5.11 Å². The Morgan fingerprint density at radius 1 is 1.10 bits per heavy atom. The maximum atomic E-state index is 12.4. The fourth-order valence-electron chi connectivity index (χ4n) is 3.54. The van der Waals surface area contributed by atoms with Gasteiger partial charge in [0.1, 0.15) is 0 Å².